The number of amides is 2. The van der Waals surface area contributed by atoms with E-state index in [0.717, 1.165) is 24.2 Å². The lowest BCUT2D eigenvalue weighted by Gasteiger charge is -2.31. The van der Waals surface area contributed by atoms with E-state index in [9.17, 15) is 9.59 Å². The minimum atomic E-state index is -0.324. The number of carbonyl (C=O) groups excluding carboxylic acids is 2. The van der Waals surface area contributed by atoms with Gasteiger partial charge in [0.25, 0.3) is 0 Å². The minimum absolute atomic E-state index is 0.0287. The highest BCUT2D eigenvalue weighted by molar-refractivity contribution is 6.05. The predicted molar refractivity (Wildman–Crippen MR) is 105 cm³/mol. The van der Waals surface area contributed by atoms with E-state index in [-0.39, 0.29) is 24.2 Å². The summed E-state index contributed by atoms with van der Waals surface area (Å²) in [5.74, 6) is 0.344. The molecule has 2 aliphatic heterocycles. The summed E-state index contributed by atoms with van der Waals surface area (Å²) in [7, 11) is 1.59. The van der Waals surface area contributed by atoms with E-state index in [2.05, 4.69) is 13.0 Å². The van der Waals surface area contributed by atoms with Crippen molar-refractivity contribution in [2.45, 2.75) is 26.2 Å². The van der Waals surface area contributed by atoms with Crippen LogP contribution in [0.5, 0.6) is 5.75 Å². The molecule has 4 rings (SSSR count). The van der Waals surface area contributed by atoms with Crippen molar-refractivity contribution in [1.29, 1.82) is 0 Å². The summed E-state index contributed by atoms with van der Waals surface area (Å²) in [6, 6.07) is 13.7. The van der Waals surface area contributed by atoms with Crippen molar-refractivity contribution < 1.29 is 14.3 Å². The van der Waals surface area contributed by atoms with Gasteiger partial charge in [0.2, 0.25) is 11.8 Å². The molecule has 1 unspecified atom stereocenters. The maximum absolute atomic E-state index is 13.2. The highest BCUT2D eigenvalue weighted by atomic mass is 16.5. The second kappa shape index (κ2) is 7.06. The van der Waals surface area contributed by atoms with Gasteiger partial charge in [-0.2, -0.15) is 0 Å². The third-order valence-electron chi connectivity index (χ3n) is 5.47. The number of ether oxygens (including phenoxy) is 1. The molecule has 2 aliphatic rings. The van der Waals surface area contributed by atoms with E-state index in [1.807, 2.05) is 41.3 Å². The summed E-state index contributed by atoms with van der Waals surface area (Å²) in [5.41, 5.74) is 4.16. The predicted octanol–water partition coefficient (Wildman–Crippen LogP) is 3.34. The van der Waals surface area contributed by atoms with Crippen LogP contribution < -0.4 is 14.5 Å². The summed E-state index contributed by atoms with van der Waals surface area (Å²) >= 11 is 0. The zero-order chi connectivity index (χ0) is 19.0. The number of rotatable bonds is 3. The van der Waals surface area contributed by atoms with Crippen LogP contribution in [0.15, 0.2) is 42.5 Å². The zero-order valence-electron chi connectivity index (χ0n) is 15.8. The first-order valence-corrected chi connectivity index (χ1v) is 9.43. The molecule has 27 heavy (non-hydrogen) atoms. The lowest BCUT2D eigenvalue weighted by atomic mass is 9.97. The Hall–Kier alpha value is -2.82. The minimum Gasteiger partial charge on any atom is -0.495 e. The SMILES string of the molecule is COc1ccccc1N1CC(C(=O)N2CCCc3cc(C)ccc32)CC1=O. The number of hydrogen-bond acceptors (Lipinski definition) is 3. The van der Waals surface area contributed by atoms with Crippen molar-refractivity contribution in [3.8, 4) is 5.75 Å². The fourth-order valence-electron chi connectivity index (χ4n) is 4.13. The standard InChI is InChI=1S/C22H24N2O3/c1-15-9-10-18-16(12-15)6-5-11-23(18)22(26)17-13-21(25)24(14-17)19-7-3-4-8-20(19)27-2/h3-4,7-10,12,17H,5-6,11,13-14H2,1-2H3. The Morgan fingerprint density at radius 2 is 1.96 bits per heavy atom. The average Bonchev–Trinajstić information content (AvgIpc) is 3.08. The Labute approximate surface area is 159 Å². The Morgan fingerprint density at radius 1 is 1.15 bits per heavy atom. The van der Waals surface area contributed by atoms with Crippen LogP contribution in [-0.2, 0) is 16.0 Å². The third kappa shape index (κ3) is 3.18. The van der Waals surface area contributed by atoms with E-state index in [1.54, 1.807) is 12.0 Å². The molecule has 140 valence electrons. The number of aryl methyl sites for hydroxylation is 2. The molecule has 0 bridgehead atoms. The van der Waals surface area contributed by atoms with Crippen molar-refractivity contribution in [3.63, 3.8) is 0 Å². The molecule has 0 aliphatic carbocycles. The van der Waals surface area contributed by atoms with E-state index in [4.69, 9.17) is 4.74 Å². The van der Waals surface area contributed by atoms with E-state index >= 15 is 0 Å². The molecule has 0 N–H and O–H groups in total. The highest BCUT2D eigenvalue weighted by Crippen LogP contribution is 2.35. The third-order valence-corrected chi connectivity index (χ3v) is 5.47. The van der Waals surface area contributed by atoms with Crippen LogP contribution in [0.25, 0.3) is 0 Å². The van der Waals surface area contributed by atoms with Gasteiger partial charge >= 0.3 is 0 Å². The average molecular weight is 364 g/mol. The van der Waals surface area contributed by atoms with Gasteiger partial charge in [-0.1, -0.05) is 29.8 Å². The van der Waals surface area contributed by atoms with Crippen molar-refractivity contribution >= 4 is 23.2 Å². The molecule has 2 heterocycles. The summed E-state index contributed by atoms with van der Waals surface area (Å²) in [6.07, 6.45) is 2.20. The Kier molecular flexibility index (Phi) is 4.60. The van der Waals surface area contributed by atoms with Crippen LogP contribution in [0, 0.1) is 12.8 Å². The van der Waals surface area contributed by atoms with Crippen molar-refractivity contribution in [3.05, 3.63) is 53.6 Å². The topological polar surface area (TPSA) is 49.9 Å². The number of methoxy groups -OCH3 is 1. The highest BCUT2D eigenvalue weighted by Gasteiger charge is 2.39. The molecule has 2 amide bonds. The summed E-state index contributed by atoms with van der Waals surface area (Å²) in [6.45, 7) is 3.19. The Bertz CT molecular complexity index is 893. The van der Waals surface area contributed by atoms with Gasteiger partial charge in [0.15, 0.2) is 0 Å². The van der Waals surface area contributed by atoms with Crippen molar-refractivity contribution in [2.75, 3.05) is 30.0 Å². The summed E-state index contributed by atoms with van der Waals surface area (Å²) in [5, 5.41) is 0. The molecule has 2 aromatic carbocycles. The first kappa shape index (κ1) is 17.6. The first-order chi connectivity index (χ1) is 13.1. The van der Waals surface area contributed by atoms with Gasteiger partial charge in [-0.05, 0) is 43.5 Å². The van der Waals surface area contributed by atoms with Gasteiger partial charge in [-0.15, -0.1) is 0 Å². The van der Waals surface area contributed by atoms with E-state index < -0.39 is 0 Å². The van der Waals surface area contributed by atoms with Crippen LogP contribution >= 0.6 is 0 Å². The smallest absolute Gasteiger partial charge is 0.232 e. The van der Waals surface area contributed by atoms with E-state index in [1.165, 1.54) is 11.1 Å². The number of carbonyl (C=O) groups is 2. The molecule has 0 spiro atoms. The fraction of sp³-hybridized carbons (Fsp3) is 0.364. The maximum Gasteiger partial charge on any atom is 0.232 e. The molecule has 5 nitrogen and oxygen atoms in total. The number of hydrogen-bond donors (Lipinski definition) is 0. The van der Waals surface area contributed by atoms with Gasteiger partial charge in [-0.25, -0.2) is 0 Å². The lowest BCUT2D eigenvalue weighted by Crippen LogP contribution is -2.40. The zero-order valence-corrected chi connectivity index (χ0v) is 15.8. The molecule has 1 fully saturated rings. The van der Waals surface area contributed by atoms with Gasteiger partial charge in [0.1, 0.15) is 5.75 Å². The number of nitrogens with zero attached hydrogens (tertiary/aromatic N) is 2. The van der Waals surface area contributed by atoms with Gasteiger partial charge < -0.3 is 14.5 Å². The summed E-state index contributed by atoms with van der Waals surface area (Å²) in [4.78, 5) is 29.4. The van der Waals surface area contributed by atoms with Crippen LogP contribution in [0.3, 0.4) is 0 Å². The van der Waals surface area contributed by atoms with Crippen LogP contribution in [-0.4, -0.2) is 32.0 Å². The van der Waals surface area contributed by atoms with Crippen molar-refractivity contribution in [1.82, 2.24) is 0 Å². The number of benzene rings is 2. The monoisotopic (exact) mass is 364 g/mol. The Balaban J connectivity index is 1.57. The van der Waals surface area contributed by atoms with Crippen LogP contribution in [0.4, 0.5) is 11.4 Å². The Morgan fingerprint density at radius 3 is 2.78 bits per heavy atom. The van der Waals surface area contributed by atoms with Gasteiger partial charge in [0.05, 0.1) is 18.7 Å². The molecule has 2 aromatic rings. The van der Waals surface area contributed by atoms with Crippen LogP contribution in [0.2, 0.25) is 0 Å². The lowest BCUT2D eigenvalue weighted by molar-refractivity contribution is -0.124. The van der Waals surface area contributed by atoms with Crippen LogP contribution in [0.1, 0.15) is 24.0 Å². The van der Waals surface area contributed by atoms with Crippen molar-refractivity contribution in [2.24, 2.45) is 5.92 Å². The summed E-state index contributed by atoms with van der Waals surface area (Å²) < 4.78 is 5.39. The molecule has 5 heteroatoms. The second-order valence-corrected chi connectivity index (χ2v) is 7.30. The molecule has 1 atom stereocenters. The second-order valence-electron chi connectivity index (χ2n) is 7.30. The number of fused-ring (bicyclic) bond motifs is 1. The molecule has 0 radical (unpaired) electrons. The molecule has 0 saturated carbocycles. The maximum atomic E-state index is 13.2. The largest absolute Gasteiger partial charge is 0.495 e. The fourth-order valence-corrected chi connectivity index (χ4v) is 4.13. The number of anilines is 2. The van der Waals surface area contributed by atoms with Gasteiger partial charge in [0, 0.05) is 25.2 Å². The molecule has 0 aromatic heterocycles. The normalized spacial score (nSPS) is 19.2. The first-order valence-electron chi connectivity index (χ1n) is 9.43. The van der Waals surface area contributed by atoms with E-state index in [0.29, 0.717) is 18.8 Å². The molecular formula is C22H24N2O3. The quantitative estimate of drug-likeness (QED) is 0.839. The molecular weight excluding hydrogens is 340 g/mol. The number of para-hydroxylation sites is 2. The molecule has 1 saturated heterocycles. The van der Waals surface area contributed by atoms with Gasteiger partial charge in [-0.3, -0.25) is 9.59 Å².